The number of hydrogen-bond acceptors (Lipinski definition) is 4. The van der Waals surface area contributed by atoms with Crippen molar-refractivity contribution in [3.05, 3.63) is 59.9 Å². The number of carbonyl (C=O) groups excluding carboxylic acids is 1. The van der Waals surface area contributed by atoms with Crippen molar-refractivity contribution in [2.45, 2.75) is 19.1 Å². The standard InChI is InChI=1S/C18H19FO4/c1-18(12-21,17(22)10-20)23-11-13-5-7-14(8-6-13)15-3-2-4-16(19)9-15/h2-9,20-21H,10-12H2,1H3. The molecule has 0 aliphatic heterocycles. The van der Waals surface area contributed by atoms with E-state index in [-0.39, 0.29) is 12.4 Å². The van der Waals surface area contributed by atoms with Crippen LogP contribution in [0.4, 0.5) is 4.39 Å². The van der Waals surface area contributed by atoms with Gasteiger partial charge in [0.25, 0.3) is 0 Å². The van der Waals surface area contributed by atoms with Crippen LogP contribution >= 0.6 is 0 Å². The van der Waals surface area contributed by atoms with E-state index in [2.05, 4.69) is 0 Å². The first-order valence-electron chi connectivity index (χ1n) is 7.22. The fourth-order valence-corrected chi connectivity index (χ4v) is 2.09. The Balaban J connectivity index is 2.07. The molecule has 122 valence electrons. The number of aliphatic hydroxyl groups is 2. The van der Waals surface area contributed by atoms with Gasteiger partial charge in [0.15, 0.2) is 5.78 Å². The van der Waals surface area contributed by atoms with Crippen LogP contribution in [0.2, 0.25) is 0 Å². The van der Waals surface area contributed by atoms with E-state index < -0.39 is 24.6 Å². The highest BCUT2D eigenvalue weighted by molar-refractivity contribution is 5.88. The molecule has 2 N–H and O–H groups in total. The maximum atomic E-state index is 13.2. The van der Waals surface area contributed by atoms with Crippen LogP contribution in [0.3, 0.4) is 0 Å². The molecule has 1 atom stereocenters. The van der Waals surface area contributed by atoms with Crippen molar-refractivity contribution in [2.75, 3.05) is 13.2 Å². The molecule has 0 amide bonds. The summed E-state index contributed by atoms with van der Waals surface area (Å²) in [6.07, 6.45) is 0. The maximum Gasteiger partial charge on any atom is 0.191 e. The number of hydrogen-bond donors (Lipinski definition) is 2. The lowest BCUT2D eigenvalue weighted by Gasteiger charge is -2.25. The number of halogens is 1. The topological polar surface area (TPSA) is 66.8 Å². The minimum absolute atomic E-state index is 0.117. The fourth-order valence-electron chi connectivity index (χ4n) is 2.09. The van der Waals surface area contributed by atoms with Gasteiger partial charge in [-0.25, -0.2) is 4.39 Å². The van der Waals surface area contributed by atoms with Crippen LogP contribution in [0.5, 0.6) is 0 Å². The van der Waals surface area contributed by atoms with Gasteiger partial charge in [-0.2, -0.15) is 0 Å². The highest BCUT2D eigenvalue weighted by atomic mass is 19.1. The molecule has 23 heavy (non-hydrogen) atoms. The van der Waals surface area contributed by atoms with Crippen LogP contribution < -0.4 is 0 Å². The van der Waals surface area contributed by atoms with E-state index in [1.807, 2.05) is 18.2 Å². The average molecular weight is 318 g/mol. The van der Waals surface area contributed by atoms with Crippen molar-refractivity contribution in [1.29, 1.82) is 0 Å². The van der Waals surface area contributed by atoms with Crippen molar-refractivity contribution in [1.82, 2.24) is 0 Å². The third-order valence-corrected chi connectivity index (χ3v) is 3.70. The summed E-state index contributed by atoms with van der Waals surface area (Å²) in [6, 6.07) is 13.6. The Labute approximate surface area is 134 Å². The van der Waals surface area contributed by atoms with Gasteiger partial charge in [-0.05, 0) is 35.7 Å². The number of benzene rings is 2. The molecule has 0 saturated carbocycles. The molecule has 4 nitrogen and oxygen atoms in total. The van der Waals surface area contributed by atoms with Gasteiger partial charge in [-0.3, -0.25) is 4.79 Å². The molecule has 0 aliphatic carbocycles. The van der Waals surface area contributed by atoms with E-state index in [0.29, 0.717) is 0 Å². The second-order valence-electron chi connectivity index (χ2n) is 5.47. The van der Waals surface area contributed by atoms with Crippen LogP contribution in [0.15, 0.2) is 48.5 Å². The van der Waals surface area contributed by atoms with Crippen molar-refractivity contribution in [2.24, 2.45) is 0 Å². The molecule has 0 bridgehead atoms. The predicted molar refractivity (Wildman–Crippen MR) is 84.2 cm³/mol. The van der Waals surface area contributed by atoms with Crippen molar-refractivity contribution >= 4 is 5.78 Å². The molecule has 0 heterocycles. The van der Waals surface area contributed by atoms with Gasteiger partial charge in [0.1, 0.15) is 18.0 Å². The van der Waals surface area contributed by atoms with Crippen LogP contribution in [-0.2, 0) is 16.1 Å². The van der Waals surface area contributed by atoms with E-state index >= 15 is 0 Å². The summed E-state index contributed by atoms with van der Waals surface area (Å²) >= 11 is 0. The molecule has 2 aromatic rings. The highest BCUT2D eigenvalue weighted by Crippen LogP contribution is 2.22. The molecule has 2 rings (SSSR count). The van der Waals surface area contributed by atoms with E-state index in [4.69, 9.17) is 9.84 Å². The van der Waals surface area contributed by atoms with Crippen LogP contribution in [0, 0.1) is 5.82 Å². The lowest BCUT2D eigenvalue weighted by molar-refractivity contribution is -0.152. The molecule has 2 aromatic carbocycles. The van der Waals surface area contributed by atoms with E-state index in [1.54, 1.807) is 18.2 Å². The zero-order chi connectivity index (χ0) is 16.9. The zero-order valence-corrected chi connectivity index (χ0v) is 12.8. The number of Topliss-reactive ketones (excluding diaryl/α,β-unsaturated/α-hetero) is 1. The summed E-state index contributed by atoms with van der Waals surface area (Å²) in [6.45, 7) is 0.363. The van der Waals surface area contributed by atoms with Crippen molar-refractivity contribution < 1.29 is 24.1 Å². The minimum Gasteiger partial charge on any atom is -0.393 e. The lowest BCUT2D eigenvalue weighted by atomic mass is 10.0. The summed E-state index contributed by atoms with van der Waals surface area (Å²) in [5.74, 6) is -0.868. The third kappa shape index (κ3) is 4.22. The minimum atomic E-state index is -1.42. The van der Waals surface area contributed by atoms with Crippen LogP contribution in [0.25, 0.3) is 11.1 Å². The lowest BCUT2D eigenvalue weighted by Crippen LogP contribution is -2.43. The Morgan fingerprint density at radius 1 is 1.13 bits per heavy atom. The first kappa shape index (κ1) is 17.3. The average Bonchev–Trinajstić information content (AvgIpc) is 2.59. The summed E-state index contributed by atoms with van der Waals surface area (Å²) in [7, 11) is 0. The van der Waals surface area contributed by atoms with E-state index in [9.17, 15) is 14.3 Å². The van der Waals surface area contributed by atoms with Gasteiger partial charge in [-0.1, -0.05) is 36.4 Å². The number of carbonyl (C=O) groups is 1. The fraction of sp³-hybridized carbons (Fsp3) is 0.278. The molecule has 0 saturated heterocycles. The summed E-state index contributed by atoms with van der Waals surface area (Å²) < 4.78 is 18.7. The highest BCUT2D eigenvalue weighted by Gasteiger charge is 2.32. The van der Waals surface area contributed by atoms with Crippen LogP contribution in [-0.4, -0.2) is 34.8 Å². The molecule has 5 heteroatoms. The van der Waals surface area contributed by atoms with E-state index in [0.717, 1.165) is 16.7 Å². The van der Waals surface area contributed by atoms with E-state index in [1.165, 1.54) is 19.1 Å². The van der Waals surface area contributed by atoms with Gasteiger partial charge < -0.3 is 14.9 Å². The Morgan fingerprint density at radius 2 is 1.83 bits per heavy atom. The molecule has 0 aromatic heterocycles. The summed E-state index contributed by atoms with van der Waals surface area (Å²) in [4.78, 5) is 11.6. The third-order valence-electron chi connectivity index (χ3n) is 3.70. The first-order chi connectivity index (χ1) is 11.0. The smallest absolute Gasteiger partial charge is 0.191 e. The van der Waals surface area contributed by atoms with Crippen LogP contribution in [0.1, 0.15) is 12.5 Å². The molecule has 0 radical (unpaired) electrons. The second-order valence-corrected chi connectivity index (χ2v) is 5.47. The van der Waals surface area contributed by atoms with Crippen molar-refractivity contribution in [3.63, 3.8) is 0 Å². The number of aliphatic hydroxyl groups excluding tert-OH is 2. The molecule has 0 spiro atoms. The second kappa shape index (κ2) is 7.46. The number of ether oxygens (including phenoxy) is 1. The molecular formula is C18H19FO4. The summed E-state index contributed by atoms with van der Waals surface area (Å²) in [5.41, 5.74) is 1.02. The first-order valence-corrected chi connectivity index (χ1v) is 7.22. The van der Waals surface area contributed by atoms with Gasteiger partial charge in [0.05, 0.1) is 13.2 Å². The number of ketones is 1. The van der Waals surface area contributed by atoms with Gasteiger partial charge in [0.2, 0.25) is 0 Å². The zero-order valence-electron chi connectivity index (χ0n) is 12.8. The Hall–Kier alpha value is -2.08. The Morgan fingerprint density at radius 3 is 2.39 bits per heavy atom. The normalized spacial score (nSPS) is 13.6. The summed E-state index contributed by atoms with van der Waals surface area (Å²) in [5, 5.41) is 18.2. The van der Waals surface area contributed by atoms with Gasteiger partial charge in [0, 0.05) is 0 Å². The molecule has 0 fully saturated rings. The monoisotopic (exact) mass is 318 g/mol. The largest absolute Gasteiger partial charge is 0.393 e. The molecule has 0 aliphatic rings. The molecule has 1 unspecified atom stereocenters. The van der Waals surface area contributed by atoms with Gasteiger partial charge >= 0.3 is 0 Å². The molecular weight excluding hydrogens is 299 g/mol. The maximum absolute atomic E-state index is 13.2. The number of rotatable bonds is 7. The quantitative estimate of drug-likeness (QED) is 0.822. The SMILES string of the molecule is CC(CO)(OCc1ccc(-c2cccc(F)c2)cc1)C(=O)CO. The van der Waals surface area contributed by atoms with Crippen molar-refractivity contribution in [3.8, 4) is 11.1 Å². The predicted octanol–water partition coefficient (Wildman–Crippen LogP) is 2.32. The Kier molecular flexibility index (Phi) is 5.60. The Bertz CT molecular complexity index is 669. The van der Waals surface area contributed by atoms with Gasteiger partial charge in [-0.15, -0.1) is 0 Å².